The van der Waals surface area contributed by atoms with Gasteiger partial charge in [-0.3, -0.25) is 0 Å². The molecule has 0 N–H and O–H groups in total. The predicted octanol–water partition coefficient (Wildman–Crippen LogP) is 7.27. The summed E-state index contributed by atoms with van der Waals surface area (Å²) in [5.41, 5.74) is 4.62. The highest BCUT2D eigenvalue weighted by atomic mass is 79.9. The van der Waals surface area contributed by atoms with Crippen molar-refractivity contribution < 1.29 is 9.48 Å². The largest absolute Gasteiger partial charge is 0.333 e. The molecule has 1 heterocycles. The molecule has 0 fully saturated rings. The lowest BCUT2D eigenvalue weighted by molar-refractivity contribution is -1.05. The first-order chi connectivity index (χ1) is 14.4. The Hall–Kier alpha value is -2.08. The molecule has 0 saturated carbocycles. The zero-order valence-corrected chi connectivity index (χ0v) is 20.6. The van der Waals surface area contributed by atoms with E-state index >= 15 is 0 Å². The molecule has 4 rings (SSSR count). The lowest BCUT2D eigenvalue weighted by atomic mass is 10.1. The van der Waals surface area contributed by atoms with Crippen LogP contribution < -0.4 is 4.84 Å². The Morgan fingerprint density at radius 3 is 2.30 bits per heavy atom. The molecule has 154 valence electrons. The minimum Gasteiger partial charge on any atom is -0.333 e. The van der Waals surface area contributed by atoms with Crippen LogP contribution in [0.4, 0.5) is 0 Å². The third-order valence-electron chi connectivity index (χ3n) is 5.41. The van der Waals surface area contributed by atoms with Crippen molar-refractivity contribution >= 4 is 42.8 Å². The van der Waals surface area contributed by atoms with E-state index in [1.54, 1.807) is 0 Å². The van der Waals surface area contributed by atoms with E-state index in [0.717, 1.165) is 49.9 Å². The highest BCUT2D eigenvalue weighted by molar-refractivity contribution is 9.10. The molecule has 5 heteroatoms. The summed E-state index contributed by atoms with van der Waals surface area (Å²) in [6.07, 6.45) is 0. The number of quaternary nitrogens is 1. The summed E-state index contributed by atoms with van der Waals surface area (Å²) in [7, 11) is 4.17. The van der Waals surface area contributed by atoms with Gasteiger partial charge in [-0.15, -0.1) is 4.65 Å². The van der Waals surface area contributed by atoms with E-state index in [1.165, 1.54) is 5.56 Å². The third-order valence-corrected chi connectivity index (χ3v) is 6.68. The Labute approximate surface area is 194 Å². The highest BCUT2D eigenvalue weighted by Gasteiger charge is 2.27. The smallest absolute Gasteiger partial charge is 0.223 e. The summed E-state index contributed by atoms with van der Waals surface area (Å²) < 4.78 is 4.96. The first-order valence-electron chi connectivity index (χ1n) is 10.0. The van der Waals surface area contributed by atoms with Crippen molar-refractivity contribution in [2.75, 3.05) is 20.6 Å². The summed E-state index contributed by atoms with van der Waals surface area (Å²) in [4.78, 5) is 6.64. The molecule has 0 atom stereocenters. The summed E-state index contributed by atoms with van der Waals surface area (Å²) >= 11 is 7.38. The molecule has 0 aliphatic carbocycles. The lowest BCUT2D eigenvalue weighted by Crippen LogP contribution is -2.42. The molecule has 0 amide bonds. The number of aromatic nitrogens is 1. The number of rotatable bonds is 6. The van der Waals surface area contributed by atoms with Gasteiger partial charge < -0.3 is 9.40 Å². The molecule has 4 aromatic rings. The van der Waals surface area contributed by atoms with Gasteiger partial charge in [0.15, 0.2) is 0 Å². The fraction of sp³-hybridized carbons (Fsp3) is 0.200. The van der Waals surface area contributed by atoms with Crippen LogP contribution in [0.5, 0.6) is 5.75 Å². The lowest BCUT2D eigenvalue weighted by Gasteiger charge is -2.26. The fourth-order valence-corrected chi connectivity index (χ4v) is 4.32. The number of hydrogen-bond donors (Lipinski definition) is 0. The van der Waals surface area contributed by atoms with Crippen LogP contribution in [-0.2, 0) is 6.54 Å². The molecule has 0 aliphatic rings. The third kappa shape index (κ3) is 4.20. The van der Waals surface area contributed by atoms with Crippen molar-refractivity contribution in [1.29, 1.82) is 0 Å². The molecule has 0 spiro atoms. The van der Waals surface area contributed by atoms with E-state index in [9.17, 15) is 0 Å². The average molecular weight is 529 g/mol. The van der Waals surface area contributed by atoms with Crippen LogP contribution in [0.25, 0.3) is 22.2 Å². The Morgan fingerprint density at radius 2 is 1.60 bits per heavy atom. The van der Waals surface area contributed by atoms with E-state index in [0.29, 0.717) is 4.65 Å². The maximum absolute atomic E-state index is 6.64. The maximum atomic E-state index is 6.64. The van der Waals surface area contributed by atoms with Crippen molar-refractivity contribution in [2.45, 2.75) is 13.5 Å². The molecule has 0 radical (unpaired) electrons. The number of halogens is 2. The van der Waals surface area contributed by atoms with Crippen LogP contribution in [0, 0.1) is 0 Å². The minimum absolute atomic E-state index is 0.445. The van der Waals surface area contributed by atoms with Gasteiger partial charge in [0.25, 0.3) is 0 Å². The summed E-state index contributed by atoms with van der Waals surface area (Å²) in [5.74, 6) is 0.913. The van der Waals surface area contributed by atoms with Gasteiger partial charge in [0.2, 0.25) is 5.75 Å². The quantitative estimate of drug-likeness (QED) is 0.189. The van der Waals surface area contributed by atoms with Crippen molar-refractivity contribution in [3.63, 3.8) is 0 Å². The molecule has 0 aliphatic heterocycles. The maximum Gasteiger partial charge on any atom is 0.223 e. The van der Waals surface area contributed by atoms with Gasteiger partial charge >= 0.3 is 0 Å². The second-order valence-corrected chi connectivity index (χ2v) is 9.63. The normalized spacial score (nSPS) is 11.8. The number of benzene rings is 3. The number of hydroxylamine groups is 3. The van der Waals surface area contributed by atoms with Crippen LogP contribution in [0.3, 0.4) is 0 Å². The first-order valence-corrected chi connectivity index (χ1v) is 11.6. The SMILES string of the molecule is CC[N+](C)(C)Oc1c(-c2ccccc2)n(Cc2ccccc2Br)c2ccc(Br)cc12. The van der Waals surface area contributed by atoms with Crippen molar-refractivity contribution in [1.82, 2.24) is 4.57 Å². The molecular weight excluding hydrogens is 504 g/mol. The molecule has 0 unspecified atom stereocenters. The van der Waals surface area contributed by atoms with Crippen molar-refractivity contribution in [3.05, 3.63) is 87.3 Å². The van der Waals surface area contributed by atoms with E-state index in [-0.39, 0.29) is 0 Å². The average Bonchev–Trinajstić information content (AvgIpc) is 3.02. The van der Waals surface area contributed by atoms with Gasteiger partial charge in [0.05, 0.1) is 16.6 Å². The van der Waals surface area contributed by atoms with Crippen LogP contribution in [0.1, 0.15) is 12.5 Å². The summed E-state index contributed by atoms with van der Waals surface area (Å²) in [6, 6.07) is 25.3. The molecular formula is C25H25Br2N2O+. The standard InChI is InChI=1S/C25H25Br2N2O/c1-4-29(2,3)30-25-21-16-20(26)14-15-23(21)28(17-19-12-8-9-13-22(19)27)24(25)18-10-6-5-7-11-18/h5-16H,4,17H2,1-3H3/q+1. The molecule has 1 aromatic heterocycles. The Morgan fingerprint density at radius 1 is 0.900 bits per heavy atom. The number of fused-ring (bicyclic) bond motifs is 1. The minimum atomic E-state index is 0.445. The zero-order chi connectivity index (χ0) is 21.3. The fourth-order valence-electron chi connectivity index (χ4n) is 3.54. The Kier molecular flexibility index (Phi) is 6.05. The van der Waals surface area contributed by atoms with Gasteiger partial charge in [-0.25, -0.2) is 0 Å². The van der Waals surface area contributed by atoms with E-state index in [4.69, 9.17) is 4.84 Å². The van der Waals surface area contributed by atoms with Gasteiger partial charge in [-0.2, -0.15) is 0 Å². The monoisotopic (exact) mass is 527 g/mol. The second kappa shape index (κ2) is 8.58. The summed E-state index contributed by atoms with van der Waals surface area (Å²) in [6.45, 7) is 3.74. The van der Waals surface area contributed by atoms with Crippen LogP contribution in [0.15, 0.2) is 81.7 Å². The van der Waals surface area contributed by atoms with Gasteiger partial charge in [-0.05, 0) is 36.8 Å². The first kappa shape index (κ1) is 21.2. The van der Waals surface area contributed by atoms with E-state index in [1.807, 2.05) is 12.1 Å². The van der Waals surface area contributed by atoms with Crippen LogP contribution in [-0.4, -0.2) is 29.9 Å². The van der Waals surface area contributed by atoms with Crippen LogP contribution in [0.2, 0.25) is 0 Å². The topological polar surface area (TPSA) is 14.2 Å². The zero-order valence-electron chi connectivity index (χ0n) is 17.4. The van der Waals surface area contributed by atoms with Gasteiger partial charge in [0, 0.05) is 21.1 Å². The van der Waals surface area contributed by atoms with Gasteiger partial charge in [0.1, 0.15) is 20.6 Å². The number of hydrogen-bond acceptors (Lipinski definition) is 1. The number of nitrogens with zero attached hydrogens (tertiary/aromatic N) is 2. The van der Waals surface area contributed by atoms with E-state index in [2.05, 4.69) is 118 Å². The molecule has 0 bridgehead atoms. The Balaban J connectivity index is 2.02. The molecule has 0 saturated heterocycles. The molecule has 3 nitrogen and oxygen atoms in total. The molecule has 30 heavy (non-hydrogen) atoms. The van der Waals surface area contributed by atoms with Crippen LogP contribution >= 0.6 is 31.9 Å². The Bertz CT molecular complexity index is 1180. The predicted molar refractivity (Wildman–Crippen MR) is 132 cm³/mol. The van der Waals surface area contributed by atoms with Gasteiger partial charge in [-0.1, -0.05) is 80.4 Å². The second-order valence-electron chi connectivity index (χ2n) is 7.86. The highest BCUT2D eigenvalue weighted by Crippen LogP contribution is 2.42. The van der Waals surface area contributed by atoms with E-state index < -0.39 is 0 Å². The van der Waals surface area contributed by atoms with Crippen molar-refractivity contribution in [2.24, 2.45) is 0 Å². The molecule has 3 aromatic carbocycles. The van der Waals surface area contributed by atoms with Crippen molar-refractivity contribution in [3.8, 4) is 17.0 Å². The summed E-state index contributed by atoms with van der Waals surface area (Å²) in [5, 5.41) is 1.11.